The van der Waals surface area contributed by atoms with E-state index in [2.05, 4.69) is 11.4 Å². The fourth-order valence-corrected chi connectivity index (χ4v) is 5.55. The number of benzene rings is 2. The van der Waals surface area contributed by atoms with Crippen molar-refractivity contribution in [1.82, 2.24) is 0 Å². The minimum atomic E-state index is -0.594. The van der Waals surface area contributed by atoms with Crippen LogP contribution in [0.25, 0.3) is 0 Å². The van der Waals surface area contributed by atoms with Crippen molar-refractivity contribution in [3.8, 4) is 6.07 Å². The van der Waals surface area contributed by atoms with Crippen LogP contribution in [0.4, 0.5) is 5.69 Å². The molecule has 1 N–H and O–H groups in total. The number of amides is 1. The molecule has 1 aliphatic heterocycles. The van der Waals surface area contributed by atoms with Crippen LogP contribution in [0, 0.1) is 25.2 Å². The third-order valence-corrected chi connectivity index (χ3v) is 7.55. The summed E-state index contributed by atoms with van der Waals surface area (Å²) in [5.41, 5.74) is 3.49. The lowest BCUT2D eigenvalue weighted by Gasteiger charge is -2.43. The maximum Gasteiger partial charge on any atom is 0.362 e. The Morgan fingerprint density at radius 2 is 1.65 bits per heavy atom. The van der Waals surface area contributed by atoms with E-state index < -0.39 is 5.54 Å². The van der Waals surface area contributed by atoms with Crippen LogP contribution in [0.5, 0.6) is 0 Å². The van der Waals surface area contributed by atoms with Crippen molar-refractivity contribution in [2.24, 2.45) is 0 Å². The molecule has 2 fully saturated rings. The standard InChI is InChI=1S/C28H33N3O3/c1-21-16-24(18-29)17-22(2)26(21)30-27(33)28(12-13-28)31(14-8-3-4-9-15-31)19-25(32)34-20-23-10-6-5-7-11-23/h5-7,10-11,16-17H,3-4,8-9,12-15,19-20H2,1-2H3/p+1. The fraction of sp³-hybridized carbons (Fsp3) is 0.464. The van der Waals surface area contributed by atoms with Crippen molar-refractivity contribution in [2.75, 3.05) is 25.0 Å². The van der Waals surface area contributed by atoms with E-state index in [0.717, 1.165) is 74.0 Å². The predicted octanol–water partition coefficient (Wildman–Crippen LogP) is 4.78. The van der Waals surface area contributed by atoms with Crippen molar-refractivity contribution < 1.29 is 18.8 Å². The number of esters is 1. The van der Waals surface area contributed by atoms with Gasteiger partial charge in [-0.05, 0) is 68.4 Å². The Morgan fingerprint density at radius 1 is 1.03 bits per heavy atom. The summed E-state index contributed by atoms with van der Waals surface area (Å²) in [6.07, 6.45) is 5.83. The summed E-state index contributed by atoms with van der Waals surface area (Å²) < 4.78 is 6.15. The van der Waals surface area contributed by atoms with Gasteiger partial charge >= 0.3 is 5.97 Å². The molecule has 0 atom stereocenters. The third kappa shape index (κ3) is 4.85. The molecule has 34 heavy (non-hydrogen) atoms. The molecule has 0 bridgehead atoms. The average Bonchev–Trinajstić information content (AvgIpc) is 3.66. The number of quaternary nitrogens is 1. The molecule has 6 heteroatoms. The van der Waals surface area contributed by atoms with Gasteiger partial charge in [-0.1, -0.05) is 30.3 Å². The van der Waals surface area contributed by atoms with E-state index in [0.29, 0.717) is 10.0 Å². The molecule has 0 radical (unpaired) electrons. The number of hydrogen-bond donors (Lipinski definition) is 1. The second-order valence-corrected chi connectivity index (χ2v) is 9.89. The van der Waals surface area contributed by atoms with Crippen molar-refractivity contribution in [3.63, 3.8) is 0 Å². The smallest absolute Gasteiger partial charge is 0.362 e. The molecule has 1 aliphatic carbocycles. The highest BCUT2D eigenvalue weighted by atomic mass is 16.5. The van der Waals surface area contributed by atoms with Gasteiger partial charge in [-0.3, -0.25) is 4.79 Å². The van der Waals surface area contributed by atoms with Gasteiger partial charge in [-0.25, -0.2) is 4.79 Å². The van der Waals surface area contributed by atoms with Crippen LogP contribution in [-0.4, -0.2) is 41.5 Å². The summed E-state index contributed by atoms with van der Waals surface area (Å²) >= 11 is 0. The van der Waals surface area contributed by atoms with Gasteiger partial charge in [-0.2, -0.15) is 5.26 Å². The van der Waals surface area contributed by atoms with E-state index in [1.54, 1.807) is 12.1 Å². The first-order chi connectivity index (χ1) is 16.4. The molecular formula is C28H34N3O3+. The molecule has 2 aromatic carbocycles. The lowest BCUT2D eigenvalue weighted by Crippen LogP contribution is -2.64. The number of nitrogens with one attached hydrogen (secondary N) is 1. The first kappa shape index (κ1) is 24.0. The molecule has 4 rings (SSSR count). The predicted molar refractivity (Wildman–Crippen MR) is 131 cm³/mol. The lowest BCUT2D eigenvalue weighted by atomic mass is 10.0. The molecule has 0 aromatic heterocycles. The first-order valence-corrected chi connectivity index (χ1v) is 12.3. The summed E-state index contributed by atoms with van der Waals surface area (Å²) in [6, 6.07) is 15.5. The van der Waals surface area contributed by atoms with Gasteiger partial charge in [-0.15, -0.1) is 0 Å². The second-order valence-electron chi connectivity index (χ2n) is 9.89. The minimum Gasteiger partial charge on any atom is -0.457 e. The molecule has 178 valence electrons. The zero-order valence-electron chi connectivity index (χ0n) is 20.2. The quantitative estimate of drug-likeness (QED) is 0.476. The van der Waals surface area contributed by atoms with Crippen LogP contribution in [-0.2, 0) is 20.9 Å². The van der Waals surface area contributed by atoms with Crippen LogP contribution >= 0.6 is 0 Å². The maximum absolute atomic E-state index is 13.8. The number of anilines is 1. The molecule has 2 aromatic rings. The molecule has 1 heterocycles. The molecular weight excluding hydrogens is 426 g/mol. The van der Waals surface area contributed by atoms with Crippen LogP contribution in [0.15, 0.2) is 42.5 Å². The number of carbonyl (C=O) groups is 2. The topological polar surface area (TPSA) is 79.2 Å². The van der Waals surface area contributed by atoms with Gasteiger partial charge in [0.15, 0.2) is 12.1 Å². The molecule has 2 aliphatic rings. The number of nitriles is 1. The molecule has 1 amide bonds. The summed E-state index contributed by atoms with van der Waals surface area (Å²) in [6.45, 7) is 5.95. The van der Waals surface area contributed by atoms with E-state index in [1.165, 1.54) is 0 Å². The van der Waals surface area contributed by atoms with Crippen LogP contribution in [0.2, 0.25) is 0 Å². The van der Waals surface area contributed by atoms with Gasteiger partial charge in [0.25, 0.3) is 5.91 Å². The van der Waals surface area contributed by atoms with E-state index >= 15 is 0 Å². The highest BCUT2D eigenvalue weighted by Gasteiger charge is 2.66. The third-order valence-electron chi connectivity index (χ3n) is 7.55. The first-order valence-electron chi connectivity index (χ1n) is 12.3. The molecule has 0 spiro atoms. The van der Waals surface area contributed by atoms with Crippen molar-refractivity contribution >= 4 is 17.6 Å². The Hall–Kier alpha value is -3.17. The summed E-state index contributed by atoms with van der Waals surface area (Å²) in [7, 11) is 0. The summed E-state index contributed by atoms with van der Waals surface area (Å²) in [4.78, 5) is 26.8. The minimum absolute atomic E-state index is 0.0128. The number of aryl methyl sites for hydroxylation is 2. The number of nitrogens with zero attached hydrogens (tertiary/aromatic N) is 2. The summed E-state index contributed by atoms with van der Waals surface area (Å²) in [5.74, 6) is -0.253. The fourth-order valence-electron chi connectivity index (χ4n) is 5.55. The van der Waals surface area contributed by atoms with Crippen molar-refractivity contribution in [2.45, 2.75) is 64.5 Å². The van der Waals surface area contributed by atoms with Crippen molar-refractivity contribution in [3.05, 3.63) is 64.7 Å². The van der Waals surface area contributed by atoms with Gasteiger partial charge in [0.05, 0.1) is 24.7 Å². The van der Waals surface area contributed by atoms with Gasteiger partial charge < -0.3 is 14.5 Å². The monoisotopic (exact) mass is 460 g/mol. The Kier molecular flexibility index (Phi) is 7.04. The van der Waals surface area contributed by atoms with Crippen LogP contribution in [0.1, 0.15) is 60.8 Å². The lowest BCUT2D eigenvalue weighted by molar-refractivity contribution is -0.945. The highest BCUT2D eigenvalue weighted by molar-refractivity contribution is 6.00. The van der Waals surface area contributed by atoms with E-state index in [4.69, 9.17) is 4.74 Å². The normalized spacial score (nSPS) is 18.3. The van der Waals surface area contributed by atoms with Gasteiger partial charge in [0, 0.05) is 18.5 Å². The molecule has 1 saturated carbocycles. The Bertz CT molecular complexity index is 1070. The van der Waals surface area contributed by atoms with Gasteiger partial charge in [0.1, 0.15) is 6.61 Å². The second kappa shape index (κ2) is 9.99. The van der Waals surface area contributed by atoms with Crippen molar-refractivity contribution in [1.29, 1.82) is 5.26 Å². The Balaban J connectivity index is 1.55. The zero-order chi connectivity index (χ0) is 24.2. The number of carbonyl (C=O) groups excluding carboxylic acids is 2. The molecule has 6 nitrogen and oxygen atoms in total. The Morgan fingerprint density at radius 3 is 2.21 bits per heavy atom. The average molecular weight is 461 g/mol. The van der Waals surface area contributed by atoms with E-state index in [-0.39, 0.29) is 25.0 Å². The number of likely N-dealkylation sites (tertiary alicyclic amines) is 1. The number of rotatable bonds is 7. The Labute approximate surface area is 202 Å². The molecule has 1 saturated heterocycles. The number of ether oxygens (including phenoxy) is 1. The van der Waals surface area contributed by atoms with Crippen LogP contribution in [0.3, 0.4) is 0 Å². The highest BCUT2D eigenvalue weighted by Crippen LogP contribution is 2.49. The largest absolute Gasteiger partial charge is 0.457 e. The summed E-state index contributed by atoms with van der Waals surface area (Å²) in [5, 5.41) is 12.4. The van der Waals surface area contributed by atoms with Gasteiger partial charge in [0.2, 0.25) is 0 Å². The number of hydrogen-bond acceptors (Lipinski definition) is 4. The SMILES string of the molecule is Cc1cc(C#N)cc(C)c1NC(=O)C1([N+]2(CC(=O)OCc3ccccc3)CCCCCC2)CC1. The van der Waals surface area contributed by atoms with E-state index in [1.807, 2.05) is 44.2 Å². The molecule has 0 unspecified atom stereocenters. The maximum atomic E-state index is 13.8. The van der Waals surface area contributed by atoms with E-state index in [9.17, 15) is 14.9 Å². The zero-order valence-corrected chi connectivity index (χ0v) is 20.2. The van der Waals surface area contributed by atoms with Crippen LogP contribution < -0.4 is 5.32 Å².